The minimum atomic E-state index is -0.445. The zero-order valence-electron chi connectivity index (χ0n) is 10.9. The summed E-state index contributed by atoms with van der Waals surface area (Å²) in [6.45, 7) is 7.03. The second kappa shape index (κ2) is 4.31. The second-order valence-corrected chi connectivity index (χ2v) is 6.18. The molecule has 0 N–H and O–H groups in total. The summed E-state index contributed by atoms with van der Waals surface area (Å²) in [5.74, 6) is 1.22. The maximum Gasteiger partial charge on any atom is 0.410 e. The van der Waals surface area contributed by atoms with Crippen molar-refractivity contribution in [3.63, 3.8) is 0 Å². The van der Waals surface area contributed by atoms with Gasteiger partial charge in [-0.1, -0.05) is 0 Å². The molecule has 17 heavy (non-hydrogen) atoms. The van der Waals surface area contributed by atoms with Crippen molar-refractivity contribution in [2.24, 2.45) is 11.8 Å². The fraction of sp³-hybridized carbons (Fsp3) is 0.846. The quantitative estimate of drug-likeness (QED) is 0.651. The zero-order chi connectivity index (χ0) is 12.6. The molecule has 1 aliphatic heterocycles. The summed E-state index contributed by atoms with van der Waals surface area (Å²) < 4.78 is 5.35. The number of Topliss-reactive ketones (excluding diaryl/α,β-unsaturated/α-hetero) is 1. The number of ketones is 1. The van der Waals surface area contributed by atoms with Gasteiger partial charge in [0.2, 0.25) is 0 Å². The number of carbonyl (C=O) groups is 2. The molecule has 0 aromatic heterocycles. The van der Waals surface area contributed by atoms with Gasteiger partial charge in [-0.05, 0) is 39.0 Å². The number of hydrogen-bond donors (Lipinski definition) is 0. The molecule has 0 bridgehead atoms. The summed E-state index contributed by atoms with van der Waals surface area (Å²) in [7, 11) is 0. The van der Waals surface area contributed by atoms with E-state index in [1.807, 2.05) is 20.8 Å². The lowest BCUT2D eigenvalue weighted by atomic mass is 9.89. The Bertz CT molecular complexity index is 332. The zero-order valence-corrected chi connectivity index (χ0v) is 10.9. The van der Waals surface area contributed by atoms with Crippen molar-refractivity contribution in [3.05, 3.63) is 0 Å². The molecule has 0 spiro atoms. The van der Waals surface area contributed by atoms with E-state index in [1.54, 1.807) is 4.90 Å². The van der Waals surface area contributed by atoms with Crippen molar-refractivity contribution < 1.29 is 14.3 Å². The number of amides is 1. The smallest absolute Gasteiger partial charge is 0.410 e. The van der Waals surface area contributed by atoms with Gasteiger partial charge in [-0.2, -0.15) is 0 Å². The number of nitrogens with zero attached hydrogens (tertiary/aromatic N) is 1. The highest BCUT2D eigenvalue weighted by Gasteiger charge is 2.39. The van der Waals surface area contributed by atoms with E-state index in [4.69, 9.17) is 4.74 Å². The molecule has 1 saturated heterocycles. The third-order valence-electron chi connectivity index (χ3n) is 3.52. The van der Waals surface area contributed by atoms with Crippen LogP contribution in [0.5, 0.6) is 0 Å². The molecular weight excluding hydrogens is 218 g/mol. The highest BCUT2D eigenvalue weighted by molar-refractivity contribution is 5.81. The van der Waals surface area contributed by atoms with E-state index >= 15 is 0 Å². The number of ether oxygens (including phenoxy) is 1. The van der Waals surface area contributed by atoms with Crippen LogP contribution in [0.4, 0.5) is 4.79 Å². The van der Waals surface area contributed by atoms with Crippen molar-refractivity contribution in [1.82, 2.24) is 4.90 Å². The topological polar surface area (TPSA) is 46.6 Å². The predicted octanol–water partition coefficient (Wildman–Crippen LogP) is 2.22. The number of carbonyl (C=O) groups excluding carboxylic acids is 2. The van der Waals surface area contributed by atoms with E-state index in [1.165, 1.54) is 0 Å². The van der Waals surface area contributed by atoms with Crippen LogP contribution in [0.2, 0.25) is 0 Å². The highest BCUT2D eigenvalue weighted by atomic mass is 16.6. The second-order valence-electron chi connectivity index (χ2n) is 6.18. The average Bonchev–Trinajstić information content (AvgIpc) is 2.53. The van der Waals surface area contributed by atoms with Gasteiger partial charge in [0.15, 0.2) is 0 Å². The minimum Gasteiger partial charge on any atom is -0.444 e. The third-order valence-corrected chi connectivity index (χ3v) is 3.52. The largest absolute Gasteiger partial charge is 0.444 e. The van der Waals surface area contributed by atoms with Gasteiger partial charge in [0.25, 0.3) is 0 Å². The van der Waals surface area contributed by atoms with Crippen LogP contribution in [0, 0.1) is 11.8 Å². The SMILES string of the molecule is CC(C)(C)OC(=O)N1CC[C@@H]2CC(=O)CC2C1. The van der Waals surface area contributed by atoms with Gasteiger partial charge in [0.1, 0.15) is 11.4 Å². The van der Waals surface area contributed by atoms with Crippen LogP contribution in [-0.4, -0.2) is 35.5 Å². The van der Waals surface area contributed by atoms with E-state index in [0.29, 0.717) is 37.0 Å². The first-order valence-electron chi connectivity index (χ1n) is 6.35. The molecule has 2 rings (SSSR count). The Morgan fingerprint density at radius 3 is 2.59 bits per heavy atom. The van der Waals surface area contributed by atoms with Crippen LogP contribution in [0.25, 0.3) is 0 Å². The standard InChI is InChI=1S/C13H21NO3/c1-13(2,3)17-12(16)14-5-4-9-6-11(15)7-10(9)8-14/h9-10H,4-8H2,1-3H3/t9-,10?/m1/s1. The Hall–Kier alpha value is -1.06. The molecule has 0 aromatic rings. The fourth-order valence-corrected chi connectivity index (χ4v) is 2.74. The van der Waals surface area contributed by atoms with Crippen LogP contribution in [0.15, 0.2) is 0 Å². The molecule has 2 aliphatic rings. The number of fused-ring (bicyclic) bond motifs is 1. The summed E-state index contributed by atoms with van der Waals surface area (Å²) in [5, 5.41) is 0. The van der Waals surface area contributed by atoms with Crippen molar-refractivity contribution in [3.8, 4) is 0 Å². The van der Waals surface area contributed by atoms with Gasteiger partial charge in [-0.3, -0.25) is 4.79 Å². The Kier molecular flexibility index (Phi) is 3.15. The van der Waals surface area contributed by atoms with Gasteiger partial charge >= 0.3 is 6.09 Å². The first-order valence-corrected chi connectivity index (χ1v) is 6.35. The lowest BCUT2D eigenvalue weighted by molar-refractivity contribution is -0.117. The Morgan fingerprint density at radius 1 is 1.29 bits per heavy atom. The molecule has 1 saturated carbocycles. The Labute approximate surface area is 102 Å². The van der Waals surface area contributed by atoms with Crippen molar-refractivity contribution in [2.45, 2.75) is 45.6 Å². The van der Waals surface area contributed by atoms with E-state index in [2.05, 4.69) is 0 Å². The van der Waals surface area contributed by atoms with Crippen LogP contribution in [-0.2, 0) is 9.53 Å². The molecule has 1 amide bonds. The summed E-state index contributed by atoms with van der Waals surface area (Å²) in [6, 6.07) is 0. The summed E-state index contributed by atoms with van der Waals surface area (Å²) in [4.78, 5) is 25.0. The van der Waals surface area contributed by atoms with Crippen molar-refractivity contribution >= 4 is 11.9 Å². The molecule has 2 atom stereocenters. The highest BCUT2D eigenvalue weighted by Crippen LogP contribution is 2.36. The third kappa shape index (κ3) is 2.99. The minimum absolute atomic E-state index is 0.240. The van der Waals surface area contributed by atoms with E-state index in [9.17, 15) is 9.59 Å². The molecule has 0 aromatic carbocycles. The molecule has 1 aliphatic carbocycles. The molecule has 2 fully saturated rings. The maximum atomic E-state index is 11.9. The van der Waals surface area contributed by atoms with Crippen LogP contribution in [0.1, 0.15) is 40.0 Å². The van der Waals surface area contributed by atoms with Gasteiger partial charge < -0.3 is 9.64 Å². The van der Waals surface area contributed by atoms with Crippen LogP contribution >= 0.6 is 0 Å². The summed E-state index contributed by atoms with van der Waals surface area (Å²) in [5.41, 5.74) is -0.445. The molecule has 1 heterocycles. The maximum absolute atomic E-state index is 11.9. The van der Waals surface area contributed by atoms with Gasteiger partial charge in [0.05, 0.1) is 0 Å². The fourth-order valence-electron chi connectivity index (χ4n) is 2.74. The molecule has 4 nitrogen and oxygen atoms in total. The normalized spacial score (nSPS) is 29.1. The molecule has 0 radical (unpaired) electrons. The van der Waals surface area contributed by atoms with Gasteiger partial charge in [0, 0.05) is 25.9 Å². The summed E-state index contributed by atoms with van der Waals surface area (Å²) in [6.07, 6.45) is 2.06. The van der Waals surface area contributed by atoms with Gasteiger partial charge in [-0.25, -0.2) is 4.79 Å². The lowest BCUT2D eigenvalue weighted by Crippen LogP contribution is -2.44. The molecule has 96 valence electrons. The van der Waals surface area contributed by atoms with Crippen molar-refractivity contribution in [1.29, 1.82) is 0 Å². The Balaban J connectivity index is 1.92. The van der Waals surface area contributed by atoms with Crippen molar-refractivity contribution in [2.75, 3.05) is 13.1 Å². The monoisotopic (exact) mass is 239 g/mol. The summed E-state index contributed by atoms with van der Waals surface area (Å²) >= 11 is 0. The Morgan fingerprint density at radius 2 is 1.94 bits per heavy atom. The van der Waals surface area contributed by atoms with Gasteiger partial charge in [-0.15, -0.1) is 0 Å². The predicted molar refractivity (Wildman–Crippen MR) is 63.6 cm³/mol. The first kappa shape index (κ1) is 12.4. The lowest BCUT2D eigenvalue weighted by Gasteiger charge is -2.35. The number of piperidine rings is 1. The van der Waals surface area contributed by atoms with E-state index < -0.39 is 5.60 Å². The van der Waals surface area contributed by atoms with Crippen LogP contribution < -0.4 is 0 Å². The van der Waals surface area contributed by atoms with E-state index in [-0.39, 0.29) is 6.09 Å². The average molecular weight is 239 g/mol. The van der Waals surface area contributed by atoms with Crippen LogP contribution in [0.3, 0.4) is 0 Å². The molecule has 1 unspecified atom stereocenters. The number of likely N-dealkylation sites (tertiary alicyclic amines) is 1. The number of hydrogen-bond acceptors (Lipinski definition) is 3. The molecular formula is C13H21NO3. The molecule has 4 heteroatoms. The number of rotatable bonds is 0. The van der Waals surface area contributed by atoms with E-state index in [0.717, 1.165) is 13.0 Å². The first-order chi connectivity index (χ1) is 7.85.